The Bertz CT molecular complexity index is 795. The quantitative estimate of drug-likeness (QED) is 0.420. The number of hydrogen-bond donors (Lipinski definition) is 1. The Kier molecular flexibility index (Phi) is 7.58. The van der Waals surface area contributed by atoms with Crippen molar-refractivity contribution in [3.63, 3.8) is 0 Å². The van der Waals surface area contributed by atoms with Gasteiger partial charge < -0.3 is 10.2 Å². The normalized spacial score (nSPS) is 15.0. The molecule has 7 nitrogen and oxygen atoms in total. The summed E-state index contributed by atoms with van der Waals surface area (Å²) in [4.78, 5) is 27.2. The van der Waals surface area contributed by atoms with E-state index in [2.05, 4.69) is 34.5 Å². The van der Waals surface area contributed by atoms with Gasteiger partial charge in [-0.05, 0) is 30.5 Å². The predicted molar refractivity (Wildman–Crippen MR) is 114 cm³/mol. The molecule has 0 unspecified atom stereocenters. The molecule has 0 aromatic heterocycles. The number of amides is 1. The van der Waals surface area contributed by atoms with Gasteiger partial charge in [-0.25, -0.2) is 0 Å². The van der Waals surface area contributed by atoms with Crippen LogP contribution in [0.4, 0.5) is 11.4 Å². The summed E-state index contributed by atoms with van der Waals surface area (Å²) >= 11 is 0. The summed E-state index contributed by atoms with van der Waals surface area (Å²) < 4.78 is 0. The Morgan fingerprint density at radius 3 is 2.48 bits per heavy atom. The average Bonchev–Trinajstić information content (AvgIpc) is 2.98. The van der Waals surface area contributed by atoms with E-state index in [1.54, 1.807) is 12.1 Å². The van der Waals surface area contributed by atoms with Gasteiger partial charge in [-0.15, -0.1) is 0 Å². The standard InChI is InChI=1S/C22H28N4O3/c27-22(8-4-13-23-20-9-11-21(12-10-20)26(28)29)25-15-5-14-24(16-17-25)18-19-6-2-1-3-7-19/h1-3,6-7,9-12,23H,4-5,8,13-18H2. The molecule has 1 saturated heterocycles. The number of nitrogens with zero attached hydrogens (tertiary/aromatic N) is 3. The fourth-order valence-electron chi connectivity index (χ4n) is 3.55. The summed E-state index contributed by atoms with van der Waals surface area (Å²) in [6.45, 7) is 5.11. The Morgan fingerprint density at radius 2 is 1.76 bits per heavy atom. The van der Waals surface area contributed by atoms with E-state index in [0.717, 1.165) is 51.3 Å². The van der Waals surface area contributed by atoms with Gasteiger partial charge in [-0.2, -0.15) is 0 Å². The van der Waals surface area contributed by atoms with Crippen LogP contribution in [0.1, 0.15) is 24.8 Å². The number of hydrogen-bond acceptors (Lipinski definition) is 5. The van der Waals surface area contributed by atoms with Gasteiger partial charge in [0.1, 0.15) is 0 Å². The summed E-state index contributed by atoms with van der Waals surface area (Å²) in [5.41, 5.74) is 2.21. The van der Waals surface area contributed by atoms with Crippen molar-refractivity contribution >= 4 is 17.3 Å². The molecule has 0 radical (unpaired) electrons. The fourth-order valence-corrected chi connectivity index (χ4v) is 3.55. The van der Waals surface area contributed by atoms with Crippen LogP contribution in [-0.2, 0) is 11.3 Å². The summed E-state index contributed by atoms with van der Waals surface area (Å²) in [7, 11) is 0. The van der Waals surface area contributed by atoms with Crippen LogP contribution in [0.25, 0.3) is 0 Å². The van der Waals surface area contributed by atoms with E-state index in [-0.39, 0.29) is 11.6 Å². The summed E-state index contributed by atoms with van der Waals surface area (Å²) in [5, 5.41) is 13.9. The van der Waals surface area contributed by atoms with E-state index in [4.69, 9.17) is 0 Å². The number of anilines is 1. The molecule has 0 saturated carbocycles. The smallest absolute Gasteiger partial charge is 0.269 e. The highest BCUT2D eigenvalue weighted by atomic mass is 16.6. The lowest BCUT2D eigenvalue weighted by molar-refractivity contribution is -0.384. The van der Waals surface area contributed by atoms with Crippen molar-refractivity contribution in [1.29, 1.82) is 0 Å². The number of rotatable bonds is 8. The van der Waals surface area contributed by atoms with Gasteiger partial charge in [0.25, 0.3) is 5.69 Å². The minimum absolute atomic E-state index is 0.0770. The number of carbonyl (C=O) groups excluding carboxylic acids is 1. The zero-order valence-electron chi connectivity index (χ0n) is 16.6. The molecule has 0 spiro atoms. The maximum Gasteiger partial charge on any atom is 0.269 e. The molecule has 1 amide bonds. The summed E-state index contributed by atoms with van der Waals surface area (Å²) in [6.07, 6.45) is 2.25. The summed E-state index contributed by atoms with van der Waals surface area (Å²) in [5.74, 6) is 0.206. The van der Waals surface area contributed by atoms with Crippen LogP contribution in [0.2, 0.25) is 0 Å². The van der Waals surface area contributed by atoms with Crippen LogP contribution < -0.4 is 5.32 Å². The maximum atomic E-state index is 12.6. The number of benzene rings is 2. The molecule has 3 rings (SSSR count). The van der Waals surface area contributed by atoms with Crippen LogP contribution in [-0.4, -0.2) is 53.4 Å². The second-order valence-electron chi connectivity index (χ2n) is 7.33. The molecule has 154 valence electrons. The molecule has 1 N–H and O–H groups in total. The predicted octanol–water partition coefficient (Wildman–Crippen LogP) is 3.52. The molecular weight excluding hydrogens is 368 g/mol. The lowest BCUT2D eigenvalue weighted by atomic mass is 10.2. The fraction of sp³-hybridized carbons (Fsp3) is 0.409. The zero-order chi connectivity index (χ0) is 20.5. The Labute approximate surface area is 171 Å². The first-order chi connectivity index (χ1) is 14.1. The minimum atomic E-state index is -0.412. The molecule has 1 fully saturated rings. The molecule has 1 heterocycles. The molecule has 7 heteroatoms. The number of non-ortho nitro benzene ring substituents is 1. The molecule has 2 aromatic carbocycles. The first-order valence-electron chi connectivity index (χ1n) is 10.1. The molecule has 0 bridgehead atoms. The van der Waals surface area contributed by atoms with Gasteiger partial charge >= 0.3 is 0 Å². The van der Waals surface area contributed by atoms with Crippen LogP contribution in [0.5, 0.6) is 0 Å². The van der Waals surface area contributed by atoms with Crippen molar-refractivity contribution in [1.82, 2.24) is 9.80 Å². The highest BCUT2D eigenvalue weighted by Gasteiger charge is 2.18. The lowest BCUT2D eigenvalue weighted by Crippen LogP contribution is -2.35. The third kappa shape index (κ3) is 6.57. The molecule has 1 aliphatic rings. The third-order valence-electron chi connectivity index (χ3n) is 5.16. The maximum absolute atomic E-state index is 12.6. The largest absolute Gasteiger partial charge is 0.385 e. The minimum Gasteiger partial charge on any atom is -0.385 e. The van der Waals surface area contributed by atoms with Crippen LogP contribution in [0, 0.1) is 10.1 Å². The summed E-state index contributed by atoms with van der Waals surface area (Å²) in [6, 6.07) is 16.8. The van der Waals surface area contributed by atoms with Crippen LogP contribution in [0.15, 0.2) is 54.6 Å². The number of nitrogens with one attached hydrogen (secondary N) is 1. The van der Waals surface area contributed by atoms with Crippen molar-refractivity contribution < 1.29 is 9.72 Å². The second kappa shape index (κ2) is 10.6. The van der Waals surface area contributed by atoms with Crippen molar-refractivity contribution in [2.24, 2.45) is 0 Å². The second-order valence-corrected chi connectivity index (χ2v) is 7.33. The van der Waals surface area contributed by atoms with Gasteiger partial charge in [0.2, 0.25) is 5.91 Å². The van der Waals surface area contributed by atoms with Crippen LogP contribution >= 0.6 is 0 Å². The number of nitro groups is 1. The van der Waals surface area contributed by atoms with E-state index in [1.165, 1.54) is 17.7 Å². The van der Waals surface area contributed by atoms with Gasteiger partial charge in [0.15, 0.2) is 0 Å². The van der Waals surface area contributed by atoms with E-state index in [9.17, 15) is 14.9 Å². The number of nitro benzene ring substituents is 1. The Balaban J connectivity index is 1.36. The average molecular weight is 396 g/mol. The van der Waals surface area contributed by atoms with Gasteiger partial charge in [0.05, 0.1) is 4.92 Å². The first-order valence-corrected chi connectivity index (χ1v) is 10.1. The lowest BCUT2D eigenvalue weighted by Gasteiger charge is -2.22. The molecule has 29 heavy (non-hydrogen) atoms. The van der Waals surface area contributed by atoms with Crippen LogP contribution in [0.3, 0.4) is 0 Å². The Hall–Kier alpha value is -2.93. The zero-order valence-corrected chi connectivity index (χ0v) is 16.6. The van der Waals surface area contributed by atoms with E-state index >= 15 is 0 Å². The van der Waals surface area contributed by atoms with Crippen molar-refractivity contribution in [2.75, 3.05) is 38.0 Å². The first kappa shape index (κ1) is 20.8. The van der Waals surface area contributed by atoms with E-state index < -0.39 is 4.92 Å². The van der Waals surface area contributed by atoms with Crippen molar-refractivity contribution in [3.05, 3.63) is 70.3 Å². The molecule has 0 aliphatic carbocycles. The molecular formula is C22H28N4O3. The molecule has 0 atom stereocenters. The SMILES string of the molecule is O=C(CCCNc1ccc([N+](=O)[O-])cc1)N1CCCN(Cc2ccccc2)CC1. The third-order valence-corrected chi connectivity index (χ3v) is 5.16. The monoisotopic (exact) mass is 396 g/mol. The van der Waals surface area contributed by atoms with Gasteiger partial charge in [-0.1, -0.05) is 30.3 Å². The Morgan fingerprint density at radius 1 is 1.00 bits per heavy atom. The van der Waals surface area contributed by atoms with Gasteiger partial charge in [-0.3, -0.25) is 19.8 Å². The van der Waals surface area contributed by atoms with E-state index in [1.807, 2.05) is 11.0 Å². The molecule has 1 aliphatic heterocycles. The highest BCUT2D eigenvalue weighted by molar-refractivity contribution is 5.76. The van der Waals surface area contributed by atoms with Gasteiger partial charge in [0, 0.05) is 63.5 Å². The van der Waals surface area contributed by atoms with Crippen molar-refractivity contribution in [3.8, 4) is 0 Å². The highest BCUT2D eigenvalue weighted by Crippen LogP contribution is 2.15. The number of carbonyl (C=O) groups is 1. The van der Waals surface area contributed by atoms with E-state index in [0.29, 0.717) is 13.0 Å². The van der Waals surface area contributed by atoms with Crippen molar-refractivity contribution in [2.45, 2.75) is 25.8 Å². The topological polar surface area (TPSA) is 78.7 Å². The molecule has 2 aromatic rings.